The number of rotatable bonds is 7. The van der Waals surface area contributed by atoms with Crippen LogP contribution in [0.15, 0.2) is 0 Å². The van der Waals surface area contributed by atoms with Crippen LogP contribution in [0.3, 0.4) is 0 Å². The van der Waals surface area contributed by atoms with Gasteiger partial charge in [0.1, 0.15) is 0 Å². The van der Waals surface area contributed by atoms with Crippen molar-refractivity contribution >= 4 is 5.97 Å². The lowest BCUT2D eigenvalue weighted by atomic mass is 10.1. The summed E-state index contributed by atoms with van der Waals surface area (Å²) in [6, 6.07) is 0. The van der Waals surface area contributed by atoms with Crippen LogP contribution in [0, 0.1) is 11.8 Å². The lowest BCUT2D eigenvalue weighted by molar-refractivity contribution is -0.138. The monoisotopic (exact) mass is 199 g/mol. The third-order valence-corrected chi connectivity index (χ3v) is 2.84. The van der Waals surface area contributed by atoms with Gasteiger partial charge in [-0.3, -0.25) is 9.69 Å². The second-order valence-electron chi connectivity index (χ2n) is 4.54. The second kappa shape index (κ2) is 5.35. The predicted molar refractivity (Wildman–Crippen MR) is 56.3 cm³/mol. The minimum absolute atomic E-state index is 0.209. The Morgan fingerprint density at radius 3 is 2.64 bits per heavy atom. The summed E-state index contributed by atoms with van der Waals surface area (Å²) in [4.78, 5) is 12.7. The molecule has 1 aliphatic carbocycles. The molecule has 1 N–H and O–H groups in total. The van der Waals surface area contributed by atoms with Crippen LogP contribution in [0.1, 0.15) is 33.1 Å². The fraction of sp³-hybridized carbons (Fsp3) is 0.909. The van der Waals surface area contributed by atoms with Gasteiger partial charge in [0.2, 0.25) is 0 Å². The molecule has 0 amide bonds. The van der Waals surface area contributed by atoms with Crippen LogP contribution in [0.4, 0.5) is 0 Å². The van der Waals surface area contributed by atoms with Crippen molar-refractivity contribution < 1.29 is 9.90 Å². The topological polar surface area (TPSA) is 40.5 Å². The number of carbonyl (C=O) groups is 1. The van der Waals surface area contributed by atoms with Crippen LogP contribution in [0.25, 0.3) is 0 Å². The highest BCUT2D eigenvalue weighted by Gasteiger charge is 2.25. The Morgan fingerprint density at radius 2 is 2.21 bits per heavy atom. The number of aliphatic carboxylic acids is 1. The zero-order chi connectivity index (χ0) is 10.6. The molecule has 1 unspecified atom stereocenters. The number of carboxylic acids is 1. The number of nitrogens with zero attached hydrogens (tertiary/aromatic N) is 1. The Bertz CT molecular complexity index is 190. The Hall–Kier alpha value is -0.570. The molecule has 1 saturated carbocycles. The van der Waals surface area contributed by atoms with Gasteiger partial charge in [-0.25, -0.2) is 0 Å². The Balaban J connectivity index is 2.30. The van der Waals surface area contributed by atoms with Gasteiger partial charge in [0, 0.05) is 13.1 Å². The smallest absolute Gasteiger partial charge is 0.317 e. The molecule has 0 aromatic rings. The van der Waals surface area contributed by atoms with Crippen molar-refractivity contribution in [2.75, 3.05) is 19.6 Å². The van der Waals surface area contributed by atoms with E-state index < -0.39 is 5.97 Å². The van der Waals surface area contributed by atoms with Crippen LogP contribution in [0.5, 0.6) is 0 Å². The molecule has 0 heterocycles. The molecular weight excluding hydrogens is 178 g/mol. The lowest BCUT2D eigenvalue weighted by Crippen LogP contribution is -2.35. The maximum atomic E-state index is 10.6. The van der Waals surface area contributed by atoms with Crippen LogP contribution < -0.4 is 0 Å². The van der Waals surface area contributed by atoms with E-state index in [2.05, 4.69) is 18.7 Å². The molecule has 0 aromatic heterocycles. The summed E-state index contributed by atoms with van der Waals surface area (Å²) >= 11 is 0. The number of carboxylic acid groups (broad SMARTS) is 1. The minimum Gasteiger partial charge on any atom is -0.480 e. The van der Waals surface area contributed by atoms with E-state index in [9.17, 15) is 4.79 Å². The summed E-state index contributed by atoms with van der Waals surface area (Å²) in [7, 11) is 0. The summed E-state index contributed by atoms with van der Waals surface area (Å²) < 4.78 is 0. The lowest BCUT2D eigenvalue weighted by Gasteiger charge is -2.23. The van der Waals surface area contributed by atoms with E-state index >= 15 is 0 Å². The molecule has 0 bridgehead atoms. The zero-order valence-electron chi connectivity index (χ0n) is 9.20. The molecule has 0 radical (unpaired) electrons. The molecular formula is C11H21NO2. The maximum absolute atomic E-state index is 10.6. The molecule has 0 spiro atoms. The van der Waals surface area contributed by atoms with Gasteiger partial charge in [0.05, 0.1) is 6.54 Å². The molecule has 0 aliphatic heterocycles. The molecule has 0 saturated heterocycles. The second-order valence-corrected chi connectivity index (χ2v) is 4.54. The molecule has 3 nitrogen and oxygen atoms in total. The van der Waals surface area contributed by atoms with Gasteiger partial charge in [-0.05, 0) is 24.7 Å². The largest absolute Gasteiger partial charge is 0.480 e. The van der Waals surface area contributed by atoms with Crippen molar-refractivity contribution in [3.05, 3.63) is 0 Å². The molecule has 1 fully saturated rings. The van der Waals surface area contributed by atoms with Crippen molar-refractivity contribution in [3.8, 4) is 0 Å². The fourth-order valence-corrected chi connectivity index (χ4v) is 1.63. The Kier molecular flexibility index (Phi) is 4.39. The van der Waals surface area contributed by atoms with Crippen LogP contribution in [-0.4, -0.2) is 35.6 Å². The number of hydrogen-bond acceptors (Lipinski definition) is 2. The third kappa shape index (κ3) is 4.61. The van der Waals surface area contributed by atoms with E-state index in [1.165, 1.54) is 12.8 Å². The normalized spacial score (nSPS) is 18.5. The molecule has 0 aromatic carbocycles. The van der Waals surface area contributed by atoms with Gasteiger partial charge in [-0.1, -0.05) is 20.3 Å². The molecule has 14 heavy (non-hydrogen) atoms. The summed E-state index contributed by atoms with van der Waals surface area (Å²) in [6.45, 7) is 6.46. The first-order valence-electron chi connectivity index (χ1n) is 5.56. The van der Waals surface area contributed by atoms with Gasteiger partial charge in [-0.2, -0.15) is 0 Å². The van der Waals surface area contributed by atoms with E-state index in [0.717, 1.165) is 25.4 Å². The van der Waals surface area contributed by atoms with Gasteiger partial charge in [-0.15, -0.1) is 0 Å². The van der Waals surface area contributed by atoms with Crippen molar-refractivity contribution in [1.29, 1.82) is 0 Å². The van der Waals surface area contributed by atoms with Gasteiger partial charge < -0.3 is 5.11 Å². The van der Waals surface area contributed by atoms with Gasteiger partial charge in [0.15, 0.2) is 0 Å². The van der Waals surface area contributed by atoms with E-state index in [-0.39, 0.29) is 6.54 Å². The number of hydrogen-bond donors (Lipinski definition) is 1. The summed E-state index contributed by atoms with van der Waals surface area (Å²) in [5.74, 6) is 0.681. The first-order valence-corrected chi connectivity index (χ1v) is 5.56. The van der Waals surface area contributed by atoms with Gasteiger partial charge >= 0.3 is 5.97 Å². The molecule has 3 heteroatoms. The summed E-state index contributed by atoms with van der Waals surface area (Å²) in [5, 5.41) is 8.76. The summed E-state index contributed by atoms with van der Waals surface area (Å²) in [5.41, 5.74) is 0. The average Bonchev–Trinajstić information content (AvgIpc) is 2.86. The Labute approximate surface area is 86.1 Å². The van der Waals surface area contributed by atoms with E-state index in [1.807, 2.05) is 0 Å². The van der Waals surface area contributed by atoms with Gasteiger partial charge in [0.25, 0.3) is 0 Å². The van der Waals surface area contributed by atoms with Crippen LogP contribution >= 0.6 is 0 Å². The average molecular weight is 199 g/mol. The fourth-order valence-electron chi connectivity index (χ4n) is 1.63. The van der Waals surface area contributed by atoms with E-state index in [4.69, 9.17) is 5.11 Å². The standard InChI is InChI=1S/C11H21NO2/c1-3-9(2)6-12(8-11(13)14)7-10-4-5-10/h9-10H,3-8H2,1-2H3,(H,13,14). The quantitative estimate of drug-likeness (QED) is 0.680. The first kappa shape index (κ1) is 11.5. The minimum atomic E-state index is -0.700. The van der Waals surface area contributed by atoms with Crippen LogP contribution in [-0.2, 0) is 4.79 Å². The summed E-state index contributed by atoms with van der Waals surface area (Å²) in [6.07, 6.45) is 3.70. The molecule has 82 valence electrons. The first-order chi connectivity index (χ1) is 6.61. The maximum Gasteiger partial charge on any atom is 0.317 e. The van der Waals surface area contributed by atoms with E-state index in [0.29, 0.717) is 5.92 Å². The highest BCUT2D eigenvalue weighted by molar-refractivity contribution is 5.69. The highest BCUT2D eigenvalue weighted by Crippen LogP contribution is 2.29. The SMILES string of the molecule is CCC(C)CN(CC(=O)O)CC1CC1. The van der Waals surface area contributed by atoms with Crippen molar-refractivity contribution in [3.63, 3.8) is 0 Å². The third-order valence-electron chi connectivity index (χ3n) is 2.84. The molecule has 1 atom stereocenters. The Morgan fingerprint density at radius 1 is 1.57 bits per heavy atom. The molecule has 1 rings (SSSR count). The van der Waals surface area contributed by atoms with E-state index in [1.54, 1.807) is 0 Å². The molecule has 1 aliphatic rings. The van der Waals surface area contributed by atoms with Crippen molar-refractivity contribution in [1.82, 2.24) is 4.90 Å². The zero-order valence-corrected chi connectivity index (χ0v) is 9.20. The highest BCUT2D eigenvalue weighted by atomic mass is 16.4. The predicted octanol–water partition coefficient (Wildman–Crippen LogP) is 1.83. The van der Waals surface area contributed by atoms with Crippen molar-refractivity contribution in [2.45, 2.75) is 33.1 Å². The van der Waals surface area contributed by atoms with Crippen LogP contribution in [0.2, 0.25) is 0 Å². The van der Waals surface area contributed by atoms with Crippen molar-refractivity contribution in [2.24, 2.45) is 11.8 Å².